The van der Waals surface area contributed by atoms with Crippen LogP contribution in [-0.2, 0) is 13.0 Å². The minimum atomic E-state index is 0.515. The lowest BCUT2D eigenvalue weighted by molar-refractivity contribution is 0.644. The molecule has 1 aromatic heterocycles. The molecule has 22 heavy (non-hydrogen) atoms. The number of aromatic nitrogens is 2. The van der Waals surface area contributed by atoms with Gasteiger partial charge in [-0.2, -0.15) is 4.98 Å². The summed E-state index contributed by atoms with van der Waals surface area (Å²) in [6, 6.07) is 6.93. The van der Waals surface area contributed by atoms with Crippen molar-refractivity contribution < 1.29 is 0 Å². The molecule has 0 bridgehead atoms. The third-order valence-corrected chi connectivity index (χ3v) is 4.08. The van der Waals surface area contributed by atoms with E-state index in [1.165, 1.54) is 24.0 Å². The van der Waals surface area contributed by atoms with E-state index in [-0.39, 0.29) is 0 Å². The average molecular weight is 296 g/mol. The second-order valence-electron chi connectivity index (χ2n) is 5.95. The Labute approximate surface area is 129 Å². The highest BCUT2D eigenvalue weighted by molar-refractivity contribution is 5.65. The van der Waals surface area contributed by atoms with E-state index in [1.807, 2.05) is 0 Å². The van der Waals surface area contributed by atoms with Gasteiger partial charge in [-0.25, -0.2) is 4.98 Å². The first kappa shape index (κ1) is 13.3. The van der Waals surface area contributed by atoms with Crippen molar-refractivity contribution in [3.05, 3.63) is 35.5 Å². The summed E-state index contributed by atoms with van der Waals surface area (Å²) in [6.45, 7) is 1.98. The molecular formula is C16H20N6. The van der Waals surface area contributed by atoms with E-state index in [4.69, 9.17) is 5.73 Å². The molecule has 0 amide bonds. The second-order valence-corrected chi connectivity index (χ2v) is 5.95. The van der Waals surface area contributed by atoms with Gasteiger partial charge in [-0.1, -0.05) is 6.07 Å². The number of nitrogens with zero attached hydrogens (tertiary/aromatic N) is 2. The van der Waals surface area contributed by atoms with Gasteiger partial charge in [-0.15, -0.1) is 0 Å². The molecule has 2 aromatic rings. The minimum Gasteiger partial charge on any atom is -0.394 e. The summed E-state index contributed by atoms with van der Waals surface area (Å²) >= 11 is 0. The number of nitrogens with two attached hydrogens (primary N) is 1. The lowest BCUT2D eigenvalue weighted by Crippen LogP contribution is -2.23. The third kappa shape index (κ3) is 2.82. The van der Waals surface area contributed by atoms with E-state index in [0.717, 1.165) is 31.0 Å². The van der Waals surface area contributed by atoms with Crippen molar-refractivity contribution in [2.45, 2.75) is 31.8 Å². The van der Waals surface area contributed by atoms with Gasteiger partial charge in [0.25, 0.3) is 0 Å². The van der Waals surface area contributed by atoms with Gasteiger partial charge in [0.15, 0.2) is 5.82 Å². The van der Waals surface area contributed by atoms with E-state index >= 15 is 0 Å². The predicted molar refractivity (Wildman–Crippen MR) is 88.2 cm³/mol. The van der Waals surface area contributed by atoms with Crippen LogP contribution < -0.4 is 21.7 Å². The zero-order valence-corrected chi connectivity index (χ0v) is 12.4. The Morgan fingerprint density at radius 2 is 2.14 bits per heavy atom. The Morgan fingerprint density at radius 1 is 1.23 bits per heavy atom. The molecule has 0 saturated heterocycles. The SMILES string of the molecule is Nc1cnc(Nc2ccc3c(c2)CCNC3)nc1NC1CC1. The number of benzene rings is 1. The smallest absolute Gasteiger partial charge is 0.229 e. The highest BCUT2D eigenvalue weighted by atomic mass is 15.2. The molecular weight excluding hydrogens is 276 g/mol. The number of nitrogen functional groups attached to an aromatic ring is 1. The van der Waals surface area contributed by atoms with E-state index in [9.17, 15) is 0 Å². The molecule has 5 N–H and O–H groups in total. The Kier molecular flexibility index (Phi) is 3.31. The summed E-state index contributed by atoms with van der Waals surface area (Å²) in [7, 11) is 0. The summed E-state index contributed by atoms with van der Waals surface area (Å²) in [6.07, 6.45) is 5.08. The Balaban J connectivity index is 1.55. The van der Waals surface area contributed by atoms with Crippen molar-refractivity contribution in [2.24, 2.45) is 0 Å². The summed E-state index contributed by atoms with van der Waals surface area (Å²) in [5.41, 5.74) is 10.3. The molecule has 0 spiro atoms. The van der Waals surface area contributed by atoms with Crippen molar-refractivity contribution in [3.63, 3.8) is 0 Å². The molecule has 0 radical (unpaired) electrons. The first-order valence-corrected chi connectivity index (χ1v) is 7.76. The zero-order chi connectivity index (χ0) is 14.9. The Hall–Kier alpha value is -2.34. The molecule has 1 aromatic carbocycles. The van der Waals surface area contributed by atoms with E-state index in [1.54, 1.807) is 6.20 Å². The van der Waals surface area contributed by atoms with Crippen molar-refractivity contribution in [1.82, 2.24) is 15.3 Å². The van der Waals surface area contributed by atoms with Gasteiger partial charge in [0, 0.05) is 18.3 Å². The summed E-state index contributed by atoms with van der Waals surface area (Å²) in [5.74, 6) is 1.30. The van der Waals surface area contributed by atoms with Crippen LogP contribution in [0.1, 0.15) is 24.0 Å². The quantitative estimate of drug-likeness (QED) is 0.690. The molecule has 6 heteroatoms. The summed E-state index contributed by atoms with van der Waals surface area (Å²) in [5, 5.41) is 9.99. The van der Waals surface area contributed by atoms with Gasteiger partial charge in [0.1, 0.15) is 0 Å². The van der Waals surface area contributed by atoms with E-state index < -0.39 is 0 Å². The number of hydrogen-bond acceptors (Lipinski definition) is 6. The van der Waals surface area contributed by atoms with Crippen LogP contribution in [-0.4, -0.2) is 22.6 Å². The fourth-order valence-electron chi connectivity index (χ4n) is 2.67. The predicted octanol–water partition coefficient (Wildman–Crippen LogP) is 2.02. The molecule has 6 nitrogen and oxygen atoms in total. The van der Waals surface area contributed by atoms with Crippen molar-refractivity contribution in [3.8, 4) is 0 Å². The maximum absolute atomic E-state index is 5.93. The third-order valence-electron chi connectivity index (χ3n) is 4.08. The molecule has 0 unspecified atom stereocenters. The Morgan fingerprint density at radius 3 is 3.00 bits per heavy atom. The van der Waals surface area contributed by atoms with Crippen LogP contribution >= 0.6 is 0 Å². The molecule has 2 heterocycles. The van der Waals surface area contributed by atoms with Gasteiger partial charge in [0.05, 0.1) is 11.9 Å². The molecule has 4 rings (SSSR count). The largest absolute Gasteiger partial charge is 0.394 e. The van der Waals surface area contributed by atoms with E-state index in [2.05, 4.69) is 44.1 Å². The van der Waals surface area contributed by atoms with E-state index in [0.29, 0.717) is 17.7 Å². The van der Waals surface area contributed by atoms with Gasteiger partial charge in [-0.3, -0.25) is 0 Å². The van der Waals surface area contributed by atoms with Crippen LogP contribution in [0.15, 0.2) is 24.4 Å². The molecule has 1 saturated carbocycles. The van der Waals surface area contributed by atoms with Gasteiger partial charge in [0.2, 0.25) is 5.95 Å². The molecule has 114 valence electrons. The van der Waals surface area contributed by atoms with Crippen LogP contribution in [0, 0.1) is 0 Å². The molecule has 1 fully saturated rings. The highest BCUT2D eigenvalue weighted by Gasteiger charge is 2.22. The zero-order valence-electron chi connectivity index (χ0n) is 12.4. The maximum Gasteiger partial charge on any atom is 0.229 e. The minimum absolute atomic E-state index is 0.515. The fraction of sp³-hybridized carbons (Fsp3) is 0.375. The first-order valence-electron chi connectivity index (χ1n) is 7.76. The monoisotopic (exact) mass is 296 g/mol. The number of rotatable bonds is 4. The number of fused-ring (bicyclic) bond motifs is 1. The van der Waals surface area contributed by atoms with Crippen LogP contribution in [0.2, 0.25) is 0 Å². The average Bonchev–Trinajstić information content (AvgIpc) is 3.35. The van der Waals surface area contributed by atoms with Gasteiger partial charge < -0.3 is 21.7 Å². The highest BCUT2D eigenvalue weighted by Crippen LogP contribution is 2.27. The van der Waals surface area contributed by atoms with Gasteiger partial charge in [-0.05, 0) is 49.1 Å². The summed E-state index contributed by atoms with van der Waals surface area (Å²) in [4.78, 5) is 8.76. The maximum atomic E-state index is 5.93. The fourth-order valence-corrected chi connectivity index (χ4v) is 2.67. The van der Waals surface area contributed by atoms with Crippen LogP contribution in [0.25, 0.3) is 0 Å². The lowest BCUT2D eigenvalue weighted by Gasteiger charge is -2.18. The molecule has 2 aliphatic rings. The number of anilines is 4. The molecule has 1 aliphatic carbocycles. The number of nitrogens with one attached hydrogen (secondary N) is 3. The van der Waals surface area contributed by atoms with Gasteiger partial charge >= 0.3 is 0 Å². The van der Waals surface area contributed by atoms with Crippen LogP contribution in [0.3, 0.4) is 0 Å². The van der Waals surface area contributed by atoms with Crippen molar-refractivity contribution in [1.29, 1.82) is 0 Å². The normalized spacial score (nSPS) is 16.9. The number of hydrogen-bond donors (Lipinski definition) is 4. The standard InChI is InChI=1S/C16H20N6/c17-14-9-19-16(22-15(14)20-12-3-4-12)21-13-2-1-11-8-18-6-5-10(11)7-13/h1-2,7,9,12,18H,3-6,8,17H2,(H2,19,20,21,22). The first-order chi connectivity index (χ1) is 10.8. The topological polar surface area (TPSA) is 87.9 Å². The van der Waals surface area contributed by atoms with Crippen LogP contribution in [0.4, 0.5) is 23.1 Å². The summed E-state index contributed by atoms with van der Waals surface area (Å²) < 4.78 is 0. The molecule has 0 atom stereocenters. The Bertz CT molecular complexity index is 695. The van der Waals surface area contributed by atoms with Crippen LogP contribution in [0.5, 0.6) is 0 Å². The second kappa shape index (κ2) is 5.46. The molecule has 1 aliphatic heterocycles. The lowest BCUT2D eigenvalue weighted by atomic mass is 10.0. The van der Waals surface area contributed by atoms with Crippen molar-refractivity contribution in [2.75, 3.05) is 22.9 Å². The van der Waals surface area contributed by atoms with Crippen molar-refractivity contribution >= 4 is 23.1 Å².